The van der Waals surface area contributed by atoms with E-state index in [1.807, 2.05) is 36.4 Å². The van der Waals surface area contributed by atoms with Crippen molar-refractivity contribution in [1.29, 1.82) is 0 Å². The number of nitrogens with zero attached hydrogens (tertiary/aromatic N) is 1. The molecular formula is C22H21Cl5N2. The monoisotopic (exact) mass is 488 g/mol. The minimum Gasteiger partial charge on any atom is -0.316 e. The van der Waals surface area contributed by atoms with Gasteiger partial charge in [0.15, 0.2) is 0 Å². The normalized spacial score (nSPS) is 15.7. The van der Waals surface area contributed by atoms with E-state index in [1.54, 1.807) is 24.5 Å². The molecule has 1 aromatic heterocycles. The van der Waals surface area contributed by atoms with E-state index in [2.05, 4.69) is 10.3 Å². The Labute approximate surface area is 198 Å². The molecule has 154 valence electrons. The smallest absolute Gasteiger partial charge is 0.0426 e. The highest BCUT2D eigenvalue weighted by molar-refractivity contribution is 6.35. The van der Waals surface area contributed by atoms with Gasteiger partial charge in [0.1, 0.15) is 0 Å². The number of nitrogens with one attached hydrogen (secondary N) is 1. The number of piperidine rings is 1. The van der Waals surface area contributed by atoms with Crippen LogP contribution < -0.4 is 5.32 Å². The van der Waals surface area contributed by atoms with Gasteiger partial charge in [-0.15, -0.1) is 12.4 Å². The Morgan fingerprint density at radius 1 is 0.828 bits per heavy atom. The maximum absolute atomic E-state index is 5.96. The topological polar surface area (TPSA) is 24.9 Å². The third-order valence-corrected chi connectivity index (χ3v) is 5.38. The van der Waals surface area contributed by atoms with Crippen molar-refractivity contribution < 1.29 is 0 Å². The van der Waals surface area contributed by atoms with Crippen LogP contribution in [0.3, 0.4) is 0 Å². The Bertz CT molecular complexity index is 872. The maximum Gasteiger partial charge on any atom is 0.0426 e. The molecule has 1 atom stereocenters. The van der Waals surface area contributed by atoms with Crippen LogP contribution >= 0.6 is 58.8 Å². The van der Waals surface area contributed by atoms with Crippen molar-refractivity contribution in [3.05, 3.63) is 86.6 Å². The van der Waals surface area contributed by atoms with E-state index in [-0.39, 0.29) is 12.4 Å². The van der Waals surface area contributed by atoms with Crippen molar-refractivity contribution in [3.63, 3.8) is 0 Å². The lowest BCUT2D eigenvalue weighted by atomic mass is 9.92. The van der Waals surface area contributed by atoms with E-state index in [9.17, 15) is 0 Å². The molecule has 3 aromatic rings. The Morgan fingerprint density at radius 3 is 1.97 bits per heavy atom. The predicted molar refractivity (Wildman–Crippen MR) is 128 cm³/mol. The van der Waals surface area contributed by atoms with Crippen molar-refractivity contribution in [3.8, 4) is 11.1 Å². The minimum absolute atomic E-state index is 0. The third kappa shape index (κ3) is 7.64. The highest BCUT2D eigenvalue weighted by Crippen LogP contribution is 2.28. The number of hydrogen-bond donors (Lipinski definition) is 1. The number of aromatic nitrogens is 1. The van der Waals surface area contributed by atoms with Crippen LogP contribution in [0.1, 0.15) is 24.3 Å². The summed E-state index contributed by atoms with van der Waals surface area (Å²) in [6.07, 6.45) is 5.97. The zero-order chi connectivity index (χ0) is 19.9. The quantitative estimate of drug-likeness (QED) is 0.394. The molecule has 4 rings (SSSR count). The molecule has 0 bridgehead atoms. The highest BCUT2D eigenvalue weighted by Gasteiger charge is 2.15. The molecule has 0 aliphatic carbocycles. The fraction of sp³-hybridized carbons (Fsp3) is 0.227. The molecule has 0 saturated carbocycles. The van der Waals surface area contributed by atoms with Gasteiger partial charge in [0, 0.05) is 44.6 Å². The van der Waals surface area contributed by atoms with Gasteiger partial charge in [-0.05, 0) is 78.9 Å². The molecule has 2 heterocycles. The van der Waals surface area contributed by atoms with Crippen LogP contribution in [-0.2, 0) is 0 Å². The van der Waals surface area contributed by atoms with Crippen molar-refractivity contribution in [2.24, 2.45) is 0 Å². The number of pyridine rings is 1. The average Bonchev–Trinajstić information content (AvgIpc) is 2.68. The second-order valence-corrected chi connectivity index (χ2v) is 8.39. The Hall–Kier alpha value is -1.00. The molecule has 1 unspecified atom stereocenters. The van der Waals surface area contributed by atoms with E-state index in [0.29, 0.717) is 16.0 Å². The SMILES string of the molecule is Cl.Clc1cc(Cl)cc(-c2cccnc2)c1.Clc1cc(Cl)cc(C2CCCNC2)c1. The Morgan fingerprint density at radius 2 is 1.45 bits per heavy atom. The van der Waals surface area contributed by atoms with Crippen molar-refractivity contribution >= 4 is 58.8 Å². The fourth-order valence-corrected chi connectivity index (χ4v) is 4.27. The van der Waals surface area contributed by atoms with Crippen LogP contribution in [0.2, 0.25) is 20.1 Å². The summed E-state index contributed by atoms with van der Waals surface area (Å²) in [4.78, 5) is 4.03. The summed E-state index contributed by atoms with van der Waals surface area (Å²) in [5.74, 6) is 0.569. The third-order valence-electron chi connectivity index (χ3n) is 4.51. The number of benzene rings is 2. The van der Waals surface area contributed by atoms with Crippen molar-refractivity contribution in [2.45, 2.75) is 18.8 Å². The predicted octanol–water partition coefficient (Wildman–Crippen LogP) is 7.94. The number of halogens is 5. The maximum atomic E-state index is 5.96. The van der Waals surface area contributed by atoms with Crippen LogP contribution in [0.15, 0.2) is 60.9 Å². The lowest BCUT2D eigenvalue weighted by molar-refractivity contribution is 0.461. The first kappa shape index (κ1) is 24.3. The molecule has 7 heteroatoms. The van der Waals surface area contributed by atoms with E-state index < -0.39 is 0 Å². The van der Waals surface area contributed by atoms with Gasteiger partial charge in [0.25, 0.3) is 0 Å². The largest absolute Gasteiger partial charge is 0.316 e. The van der Waals surface area contributed by atoms with Gasteiger partial charge < -0.3 is 5.32 Å². The summed E-state index contributed by atoms with van der Waals surface area (Å²) >= 11 is 23.7. The lowest BCUT2D eigenvalue weighted by Crippen LogP contribution is -2.28. The lowest BCUT2D eigenvalue weighted by Gasteiger charge is -2.23. The molecular weight excluding hydrogens is 470 g/mol. The summed E-state index contributed by atoms with van der Waals surface area (Å²) in [7, 11) is 0. The molecule has 1 N–H and O–H groups in total. The van der Waals surface area contributed by atoms with Crippen LogP contribution in [-0.4, -0.2) is 18.1 Å². The van der Waals surface area contributed by atoms with Gasteiger partial charge in [0.2, 0.25) is 0 Å². The molecule has 1 fully saturated rings. The molecule has 2 nitrogen and oxygen atoms in total. The number of rotatable bonds is 2. The second kappa shape index (κ2) is 12.0. The van der Waals surface area contributed by atoms with Gasteiger partial charge in [-0.25, -0.2) is 0 Å². The van der Waals surface area contributed by atoms with E-state index in [1.165, 1.54) is 18.4 Å². The second-order valence-electron chi connectivity index (χ2n) is 6.65. The van der Waals surface area contributed by atoms with Crippen molar-refractivity contribution in [1.82, 2.24) is 10.3 Å². The summed E-state index contributed by atoms with van der Waals surface area (Å²) in [5.41, 5.74) is 3.25. The first-order valence-corrected chi connectivity index (χ1v) is 10.6. The average molecular weight is 491 g/mol. The Kier molecular flexibility index (Phi) is 10.0. The minimum atomic E-state index is 0. The Balaban J connectivity index is 0.000000200. The molecule has 2 aromatic carbocycles. The van der Waals surface area contributed by atoms with E-state index in [0.717, 1.165) is 34.3 Å². The molecule has 1 aliphatic heterocycles. The first-order chi connectivity index (χ1) is 13.5. The zero-order valence-electron chi connectivity index (χ0n) is 15.5. The van der Waals surface area contributed by atoms with Gasteiger partial charge in [0.05, 0.1) is 0 Å². The molecule has 1 saturated heterocycles. The van der Waals surface area contributed by atoms with Crippen LogP contribution in [0.25, 0.3) is 11.1 Å². The summed E-state index contributed by atoms with van der Waals surface area (Å²) < 4.78 is 0. The summed E-state index contributed by atoms with van der Waals surface area (Å²) in [6, 6.07) is 15.1. The van der Waals surface area contributed by atoms with Gasteiger partial charge in [-0.3, -0.25) is 4.98 Å². The molecule has 29 heavy (non-hydrogen) atoms. The molecule has 0 amide bonds. The fourth-order valence-electron chi connectivity index (χ4n) is 3.20. The standard InChI is InChI=1S/C11H13Cl2N.C11H7Cl2N.ClH/c2*12-10-4-9(5-11(13)6-10)8-2-1-3-14-7-8;/h4-6,8,14H,1-3,7H2;1-7H;1H. The van der Waals surface area contributed by atoms with Gasteiger partial charge >= 0.3 is 0 Å². The van der Waals surface area contributed by atoms with E-state index in [4.69, 9.17) is 46.4 Å². The summed E-state index contributed by atoms with van der Waals surface area (Å²) in [5, 5.41) is 6.13. The van der Waals surface area contributed by atoms with Gasteiger partial charge in [-0.2, -0.15) is 0 Å². The zero-order valence-corrected chi connectivity index (χ0v) is 19.4. The molecule has 1 aliphatic rings. The molecule has 0 radical (unpaired) electrons. The van der Waals surface area contributed by atoms with Gasteiger partial charge in [-0.1, -0.05) is 52.5 Å². The van der Waals surface area contributed by atoms with Crippen LogP contribution in [0.4, 0.5) is 0 Å². The van der Waals surface area contributed by atoms with Crippen LogP contribution in [0, 0.1) is 0 Å². The van der Waals surface area contributed by atoms with Crippen molar-refractivity contribution in [2.75, 3.05) is 13.1 Å². The molecule has 0 spiro atoms. The highest BCUT2D eigenvalue weighted by atomic mass is 35.5. The van der Waals surface area contributed by atoms with E-state index >= 15 is 0 Å². The summed E-state index contributed by atoms with van der Waals surface area (Å²) in [6.45, 7) is 2.17. The van der Waals surface area contributed by atoms with Crippen LogP contribution in [0.5, 0.6) is 0 Å². The first-order valence-electron chi connectivity index (χ1n) is 9.04. The number of hydrogen-bond acceptors (Lipinski definition) is 2.